The van der Waals surface area contributed by atoms with Crippen LogP contribution in [-0.2, 0) is 58.1 Å². The molecule has 0 aliphatic rings. The molecule has 8 nitrogen and oxygen atoms in total. The Hall–Kier alpha value is -0.173. The second-order valence-corrected chi connectivity index (χ2v) is 13.3. The van der Waals surface area contributed by atoms with Gasteiger partial charge in [-0.15, -0.1) is 0 Å². The molecule has 0 fully saturated rings. The molecule has 0 radical (unpaired) electrons. The van der Waals surface area contributed by atoms with E-state index in [1.165, 1.54) is 77.0 Å². The maximum Gasteiger partial charge on any atom is 2.00 e. The molecule has 0 aromatic carbocycles. The molecule has 44 heavy (non-hydrogen) atoms. The van der Waals surface area contributed by atoms with Crippen LogP contribution in [0.1, 0.15) is 168 Å². The van der Waals surface area contributed by atoms with Crippen LogP contribution in [0.15, 0.2) is 0 Å². The van der Waals surface area contributed by atoms with Crippen LogP contribution < -0.4 is 20.4 Å². The quantitative estimate of drug-likeness (QED) is 0.0694. The Bertz CT molecular complexity index is 685. The normalized spacial score (nSPS) is 13.2. The van der Waals surface area contributed by atoms with Crippen molar-refractivity contribution in [2.75, 3.05) is 0 Å². The molecule has 0 rings (SSSR count). The molecule has 0 amide bonds. The van der Waals surface area contributed by atoms with Gasteiger partial charge in [0.1, 0.15) is 0 Å². The molecule has 0 aliphatic heterocycles. The van der Waals surface area contributed by atoms with E-state index < -0.39 is 46.2 Å². The molecule has 248 valence electrons. The van der Waals surface area contributed by atoms with Gasteiger partial charge in [0.25, 0.3) is 0 Å². The van der Waals surface area contributed by atoms with Gasteiger partial charge in [0, 0.05) is 24.8 Å². The molecular formula is C32H56O8S2Zn2. The van der Waals surface area contributed by atoms with E-state index in [0.29, 0.717) is 12.8 Å². The summed E-state index contributed by atoms with van der Waals surface area (Å²) in [7, 11) is 0. The Kier molecular flexibility index (Phi) is 37.7. The van der Waals surface area contributed by atoms with Gasteiger partial charge < -0.3 is 39.6 Å². The molecular weight excluding hydrogens is 707 g/mol. The molecule has 0 saturated heterocycles. The number of hydrogen-bond acceptors (Lipinski definition) is 10. The summed E-state index contributed by atoms with van der Waals surface area (Å²) < 4.78 is -3.20. The summed E-state index contributed by atoms with van der Waals surface area (Å²) in [6.07, 6.45) is 22.1. The monoisotopic (exact) mass is 760 g/mol. The number of carboxylic acids is 4. The van der Waals surface area contributed by atoms with E-state index in [9.17, 15) is 39.6 Å². The van der Waals surface area contributed by atoms with Gasteiger partial charge in [-0.05, 0) is 12.8 Å². The third-order valence-electron chi connectivity index (χ3n) is 7.52. The molecule has 0 saturated carbocycles. The summed E-state index contributed by atoms with van der Waals surface area (Å²) in [6.45, 7) is 4.41. The van der Waals surface area contributed by atoms with Crippen LogP contribution in [0.25, 0.3) is 0 Å². The molecule has 0 heterocycles. The van der Waals surface area contributed by atoms with Crippen molar-refractivity contribution in [3.05, 3.63) is 0 Å². The number of carbonyl (C=O) groups excluding carboxylic acids is 4. The van der Waals surface area contributed by atoms with Crippen LogP contribution in [0.4, 0.5) is 0 Å². The average Bonchev–Trinajstić information content (AvgIpc) is 2.90. The first-order valence-corrected chi connectivity index (χ1v) is 17.0. The summed E-state index contributed by atoms with van der Waals surface area (Å²) in [4.78, 5) is 43.0. The zero-order chi connectivity index (χ0) is 32.3. The first-order valence-electron chi connectivity index (χ1n) is 16.1. The number of carboxylic acid groups (broad SMARTS) is 4. The van der Waals surface area contributed by atoms with Crippen molar-refractivity contribution in [3.8, 4) is 0 Å². The number of carbonyl (C=O) groups is 4. The molecule has 0 aromatic rings. The van der Waals surface area contributed by atoms with Gasteiger partial charge >= 0.3 is 39.0 Å². The Balaban J connectivity index is -0.000000348. The molecule has 2 atom stereocenters. The van der Waals surface area contributed by atoms with Crippen LogP contribution in [0.5, 0.6) is 0 Å². The van der Waals surface area contributed by atoms with E-state index in [1.54, 1.807) is 0 Å². The fraction of sp³-hybridized carbons (Fsp3) is 0.875. The molecule has 0 bridgehead atoms. The maximum atomic E-state index is 11.0. The zero-order valence-corrected chi connectivity index (χ0v) is 35.3. The summed E-state index contributed by atoms with van der Waals surface area (Å²) >= 11 is 7.92. The van der Waals surface area contributed by atoms with Crippen LogP contribution >= 0.6 is 25.3 Å². The van der Waals surface area contributed by atoms with E-state index in [0.717, 1.165) is 38.5 Å². The van der Waals surface area contributed by atoms with Crippen LogP contribution in [0.2, 0.25) is 0 Å². The Morgan fingerprint density at radius 1 is 0.432 bits per heavy atom. The van der Waals surface area contributed by atoms with Gasteiger partial charge in [-0.2, -0.15) is 25.3 Å². The minimum absolute atomic E-state index is 0. The minimum Gasteiger partial charge on any atom is -0.550 e. The molecule has 0 spiro atoms. The minimum atomic E-state index is -1.60. The predicted molar refractivity (Wildman–Crippen MR) is 166 cm³/mol. The van der Waals surface area contributed by atoms with Gasteiger partial charge in [-0.25, -0.2) is 0 Å². The van der Waals surface area contributed by atoms with E-state index in [4.69, 9.17) is 0 Å². The molecule has 2 unspecified atom stereocenters. The van der Waals surface area contributed by atoms with Crippen molar-refractivity contribution in [2.45, 2.75) is 177 Å². The second-order valence-electron chi connectivity index (χ2n) is 11.6. The Morgan fingerprint density at radius 2 is 0.636 bits per heavy atom. The fourth-order valence-electron chi connectivity index (χ4n) is 4.81. The largest absolute Gasteiger partial charge is 2.00 e. The SMILES string of the molecule is CCCCCCCCCCCCC(S)(CC(=O)[O-])C(=O)[O-].CCCCCCCCCCCCC(S)(CC(=O)[O-])C(=O)[O-].[Zn+2].[Zn+2]. The predicted octanol–water partition coefficient (Wildman–Crippen LogP) is 3.71. The Labute approximate surface area is 303 Å². The van der Waals surface area contributed by atoms with E-state index in [-0.39, 0.29) is 51.8 Å². The third kappa shape index (κ3) is 30.5. The van der Waals surface area contributed by atoms with Crippen molar-refractivity contribution in [3.63, 3.8) is 0 Å². The summed E-state index contributed by atoms with van der Waals surface area (Å²) in [5.74, 6) is -5.65. The van der Waals surface area contributed by atoms with Crippen molar-refractivity contribution >= 4 is 49.1 Å². The molecule has 0 aromatic heterocycles. The van der Waals surface area contributed by atoms with E-state index >= 15 is 0 Å². The maximum absolute atomic E-state index is 11.0. The van der Waals surface area contributed by atoms with Gasteiger partial charge in [0.05, 0.1) is 21.4 Å². The number of thiol groups is 2. The molecule has 0 N–H and O–H groups in total. The van der Waals surface area contributed by atoms with Gasteiger partial charge in [0.2, 0.25) is 0 Å². The topological polar surface area (TPSA) is 161 Å². The van der Waals surface area contributed by atoms with Crippen molar-refractivity contribution < 1.29 is 78.6 Å². The molecule has 12 heteroatoms. The van der Waals surface area contributed by atoms with Crippen LogP contribution in [0, 0.1) is 0 Å². The van der Waals surface area contributed by atoms with E-state index in [1.807, 2.05) is 0 Å². The zero-order valence-electron chi connectivity index (χ0n) is 27.5. The number of rotatable bonds is 28. The first kappa shape index (κ1) is 50.7. The van der Waals surface area contributed by atoms with Crippen molar-refractivity contribution in [2.24, 2.45) is 0 Å². The third-order valence-corrected chi connectivity index (χ3v) is 8.65. The van der Waals surface area contributed by atoms with E-state index in [2.05, 4.69) is 39.1 Å². The Morgan fingerprint density at radius 3 is 0.818 bits per heavy atom. The number of aliphatic carboxylic acids is 4. The number of unbranched alkanes of at least 4 members (excludes halogenated alkanes) is 18. The van der Waals surface area contributed by atoms with Gasteiger partial charge in [0.15, 0.2) is 0 Å². The number of hydrogen-bond donors (Lipinski definition) is 2. The van der Waals surface area contributed by atoms with Crippen LogP contribution in [0.3, 0.4) is 0 Å². The standard InChI is InChI=1S/2C16H30O4S.2Zn/c2*1-2-3-4-5-6-7-8-9-10-11-12-16(21,15(19)20)13-14(17)18;;/h2*21H,2-13H2,1H3,(H,17,18)(H,19,20);;/q;;2*+2/p-4. The summed E-state index contributed by atoms with van der Waals surface area (Å²) in [5, 5.41) is 43.0. The average molecular weight is 764 g/mol. The summed E-state index contributed by atoms with van der Waals surface area (Å²) in [5.41, 5.74) is 0. The van der Waals surface area contributed by atoms with Crippen LogP contribution in [-0.4, -0.2) is 33.4 Å². The second kappa shape index (κ2) is 32.8. The van der Waals surface area contributed by atoms with Gasteiger partial charge in [-0.1, -0.05) is 142 Å². The summed E-state index contributed by atoms with van der Waals surface area (Å²) in [6, 6.07) is 0. The smallest absolute Gasteiger partial charge is 0.550 e. The fourth-order valence-corrected chi connectivity index (χ4v) is 5.39. The van der Waals surface area contributed by atoms with Crippen molar-refractivity contribution in [1.29, 1.82) is 0 Å². The first-order chi connectivity index (χ1) is 19.8. The molecule has 0 aliphatic carbocycles. The van der Waals surface area contributed by atoms with Crippen molar-refractivity contribution in [1.82, 2.24) is 0 Å². The van der Waals surface area contributed by atoms with Gasteiger partial charge in [-0.3, -0.25) is 0 Å².